The number of nitrogens with zero attached hydrogens (tertiary/aromatic N) is 2. The van der Waals surface area contributed by atoms with E-state index in [2.05, 4.69) is 20.6 Å². The maximum Gasteiger partial charge on any atom is 0.223 e. The molecule has 4 nitrogen and oxygen atoms in total. The van der Waals surface area contributed by atoms with Gasteiger partial charge in [0, 0.05) is 31.4 Å². The quantitative estimate of drug-likeness (QED) is 0.892. The van der Waals surface area contributed by atoms with Crippen LogP contribution in [0.2, 0.25) is 0 Å². The summed E-state index contributed by atoms with van der Waals surface area (Å²) in [7, 11) is 0. The molecule has 0 amide bonds. The maximum absolute atomic E-state index is 12.9. The Balaban J connectivity index is 1.71. The summed E-state index contributed by atoms with van der Waals surface area (Å²) in [5, 5.41) is 6.48. The van der Waals surface area contributed by atoms with Crippen LogP contribution in [0.1, 0.15) is 16.8 Å². The van der Waals surface area contributed by atoms with Gasteiger partial charge < -0.3 is 10.6 Å². The third-order valence-corrected chi connectivity index (χ3v) is 3.50. The third-order valence-electron chi connectivity index (χ3n) is 3.50. The fourth-order valence-electron chi connectivity index (χ4n) is 2.13. The average Bonchev–Trinajstić information content (AvgIpc) is 2.39. The zero-order chi connectivity index (χ0) is 13.9. The van der Waals surface area contributed by atoms with Crippen molar-refractivity contribution in [2.24, 2.45) is 0 Å². The van der Waals surface area contributed by atoms with Gasteiger partial charge in [0.05, 0.1) is 6.04 Å². The molecule has 20 heavy (non-hydrogen) atoms. The Kier molecular flexibility index (Phi) is 3.60. The molecule has 2 aromatic rings. The number of aryl methyl sites for hydroxylation is 1. The van der Waals surface area contributed by atoms with E-state index in [4.69, 9.17) is 0 Å². The van der Waals surface area contributed by atoms with Gasteiger partial charge in [-0.25, -0.2) is 14.4 Å². The summed E-state index contributed by atoms with van der Waals surface area (Å²) < 4.78 is 12.9. The van der Waals surface area contributed by atoms with Crippen molar-refractivity contribution in [2.75, 3.05) is 18.4 Å². The molecule has 0 spiro atoms. The number of hydrogen-bond acceptors (Lipinski definition) is 4. The second-order valence-corrected chi connectivity index (χ2v) is 5.11. The van der Waals surface area contributed by atoms with Gasteiger partial charge in [-0.15, -0.1) is 0 Å². The maximum atomic E-state index is 12.9. The number of anilines is 1. The third kappa shape index (κ3) is 2.93. The molecule has 2 heterocycles. The molecule has 2 N–H and O–H groups in total. The van der Waals surface area contributed by atoms with Crippen LogP contribution in [0.25, 0.3) is 0 Å². The van der Waals surface area contributed by atoms with Gasteiger partial charge in [-0.2, -0.15) is 0 Å². The molecule has 1 fully saturated rings. The van der Waals surface area contributed by atoms with Crippen molar-refractivity contribution in [3.63, 3.8) is 0 Å². The molecule has 1 aromatic heterocycles. The Bertz CT molecular complexity index is 593. The normalized spacial score (nSPS) is 14.9. The average molecular weight is 272 g/mol. The zero-order valence-corrected chi connectivity index (χ0v) is 11.4. The van der Waals surface area contributed by atoms with Crippen molar-refractivity contribution in [2.45, 2.75) is 19.4 Å². The van der Waals surface area contributed by atoms with Crippen LogP contribution in [-0.2, 0) is 6.42 Å². The van der Waals surface area contributed by atoms with Gasteiger partial charge >= 0.3 is 0 Å². The second-order valence-electron chi connectivity index (χ2n) is 5.11. The predicted molar refractivity (Wildman–Crippen MR) is 76.3 cm³/mol. The lowest BCUT2D eigenvalue weighted by atomic mass is 10.1. The zero-order valence-electron chi connectivity index (χ0n) is 11.4. The number of hydrogen-bond donors (Lipinski definition) is 2. The summed E-state index contributed by atoms with van der Waals surface area (Å²) in [6.45, 7) is 3.89. The van der Waals surface area contributed by atoms with Crippen LogP contribution in [0.5, 0.6) is 0 Å². The molecule has 0 atom stereocenters. The Morgan fingerprint density at radius 1 is 1.30 bits per heavy atom. The first-order valence-corrected chi connectivity index (χ1v) is 6.75. The van der Waals surface area contributed by atoms with E-state index in [1.807, 2.05) is 13.1 Å². The van der Waals surface area contributed by atoms with Crippen LogP contribution < -0.4 is 10.6 Å². The fourth-order valence-corrected chi connectivity index (χ4v) is 2.13. The van der Waals surface area contributed by atoms with Gasteiger partial charge in [0.2, 0.25) is 5.95 Å². The van der Waals surface area contributed by atoms with E-state index in [1.54, 1.807) is 12.1 Å². The summed E-state index contributed by atoms with van der Waals surface area (Å²) in [5.41, 5.74) is 3.08. The molecule has 1 aromatic carbocycles. The van der Waals surface area contributed by atoms with Crippen LogP contribution in [0, 0.1) is 12.7 Å². The highest BCUT2D eigenvalue weighted by Gasteiger charge is 2.17. The van der Waals surface area contributed by atoms with Gasteiger partial charge in [-0.3, -0.25) is 0 Å². The minimum absolute atomic E-state index is 0.213. The summed E-state index contributed by atoms with van der Waals surface area (Å²) >= 11 is 0. The largest absolute Gasteiger partial charge is 0.349 e. The predicted octanol–water partition coefficient (Wildman–Crippen LogP) is 1.90. The van der Waals surface area contributed by atoms with Crippen molar-refractivity contribution in [1.29, 1.82) is 0 Å². The highest BCUT2D eigenvalue weighted by atomic mass is 19.1. The standard InChI is InChI=1S/C15H17FN4/c1-10-12(6-11-2-4-13(16)5-3-11)7-18-15(19-10)20-14-8-17-9-14/h2-5,7,14,17H,6,8-9H2,1H3,(H,18,19,20). The number of benzene rings is 1. The van der Waals surface area contributed by atoms with Crippen LogP contribution in [0.15, 0.2) is 30.5 Å². The molecular formula is C15H17FN4. The first-order chi connectivity index (χ1) is 9.70. The molecule has 0 radical (unpaired) electrons. The van der Waals surface area contributed by atoms with Crippen molar-refractivity contribution < 1.29 is 4.39 Å². The van der Waals surface area contributed by atoms with E-state index < -0.39 is 0 Å². The highest BCUT2D eigenvalue weighted by Crippen LogP contribution is 2.14. The van der Waals surface area contributed by atoms with Crippen LogP contribution in [0.4, 0.5) is 10.3 Å². The number of rotatable bonds is 4. The smallest absolute Gasteiger partial charge is 0.223 e. The Morgan fingerprint density at radius 3 is 2.65 bits per heavy atom. The van der Waals surface area contributed by atoms with Gasteiger partial charge in [-0.05, 0) is 30.2 Å². The molecule has 1 aliphatic heterocycles. The lowest BCUT2D eigenvalue weighted by Crippen LogP contribution is -2.51. The van der Waals surface area contributed by atoms with Gasteiger partial charge in [0.15, 0.2) is 0 Å². The second kappa shape index (κ2) is 5.54. The molecule has 104 valence electrons. The molecule has 0 bridgehead atoms. The first kappa shape index (κ1) is 13.0. The lowest BCUT2D eigenvalue weighted by Gasteiger charge is -2.28. The van der Waals surface area contributed by atoms with E-state index in [9.17, 15) is 4.39 Å². The minimum atomic E-state index is -0.213. The molecule has 1 saturated heterocycles. The van der Waals surface area contributed by atoms with Gasteiger partial charge in [0.25, 0.3) is 0 Å². The monoisotopic (exact) mass is 272 g/mol. The van der Waals surface area contributed by atoms with Crippen molar-refractivity contribution in [3.05, 3.63) is 53.1 Å². The van der Waals surface area contributed by atoms with Gasteiger partial charge in [0.1, 0.15) is 5.82 Å². The van der Waals surface area contributed by atoms with E-state index in [0.29, 0.717) is 12.0 Å². The SMILES string of the molecule is Cc1nc(NC2CNC2)ncc1Cc1ccc(F)cc1. The van der Waals surface area contributed by atoms with E-state index in [-0.39, 0.29) is 5.82 Å². The Morgan fingerprint density at radius 2 is 2.05 bits per heavy atom. The topological polar surface area (TPSA) is 49.8 Å². The Labute approximate surface area is 117 Å². The summed E-state index contributed by atoms with van der Waals surface area (Å²) in [5.74, 6) is 0.465. The van der Waals surface area contributed by atoms with Crippen LogP contribution in [-0.4, -0.2) is 29.1 Å². The summed E-state index contributed by atoms with van der Waals surface area (Å²) in [6, 6.07) is 6.97. The molecule has 1 aliphatic rings. The minimum Gasteiger partial charge on any atom is -0.349 e. The van der Waals surface area contributed by atoms with E-state index >= 15 is 0 Å². The van der Waals surface area contributed by atoms with Crippen LogP contribution in [0.3, 0.4) is 0 Å². The number of nitrogens with one attached hydrogen (secondary N) is 2. The fraction of sp³-hybridized carbons (Fsp3) is 0.333. The molecule has 5 heteroatoms. The van der Waals surface area contributed by atoms with Crippen molar-refractivity contribution in [1.82, 2.24) is 15.3 Å². The number of halogens is 1. The van der Waals surface area contributed by atoms with Gasteiger partial charge in [-0.1, -0.05) is 12.1 Å². The molecule has 0 saturated carbocycles. The summed E-state index contributed by atoms with van der Waals surface area (Å²) in [6.07, 6.45) is 2.57. The van der Waals surface area contributed by atoms with Crippen molar-refractivity contribution in [3.8, 4) is 0 Å². The first-order valence-electron chi connectivity index (χ1n) is 6.75. The molecule has 0 aliphatic carbocycles. The Hall–Kier alpha value is -2.01. The highest BCUT2D eigenvalue weighted by molar-refractivity contribution is 5.34. The van der Waals surface area contributed by atoms with E-state index in [0.717, 1.165) is 36.3 Å². The lowest BCUT2D eigenvalue weighted by molar-refractivity contribution is 0.469. The molecular weight excluding hydrogens is 255 g/mol. The molecule has 3 rings (SSSR count). The molecule has 0 unspecified atom stereocenters. The van der Waals surface area contributed by atoms with Crippen LogP contribution >= 0.6 is 0 Å². The van der Waals surface area contributed by atoms with E-state index in [1.165, 1.54) is 12.1 Å². The summed E-state index contributed by atoms with van der Waals surface area (Å²) in [4.78, 5) is 8.84. The number of aromatic nitrogens is 2. The van der Waals surface area contributed by atoms with Crippen molar-refractivity contribution >= 4 is 5.95 Å².